The van der Waals surface area contributed by atoms with Crippen molar-refractivity contribution in [3.8, 4) is 11.5 Å². The van der Waals surface area contributed by atoms with Crippen molar-refractivity contribution in [3.63, 3.8) is 0 Å². The van der Waals surface area contributed by atoms with Crippen LogP contribution in [0, 0.1) is 12.7 Å². The fraction of sp³-hybridized carbons (Fsp3) is 0.600. The Hall–Kier alpha value is -1.45. The van der Waals surface area contributed by atoms with Crippen LogP contribution in [-0.2, 0) is 5.60 Å². The lowest BCUT2D eigenvalue weighted by Gasteiger charge is -2.45. The molecule has 0 aliphatic carbocycles. The van der Waals surface area contributed by atoms with Crippen LogP contribution in [0.1, 0.15) is 77.2 Å². The Morgan fingerprint density at radius 2 is 1.61 bits per heavy atom. The number of fused-ring (bicyclic) bond motifs is 1. The Bertz CT molecular complexity index is 1110. The lowest BCUT2D eigenvalue weighted by Crippen LogP contribution is -2.52. The van der Waals surface area contributed by atoms with Gasteiger partial charge in [-0.3, -0.25) is 4.90 Å². The fourth-order valence-corrected chi connectivity index (χ4v) is 12.7. The van der Waals surface area contributed by atoms with Gasteiger partial charge in [-0.25, -0.2) is 4.39 Å². The highest BCUT2D eigenvalue weighted by Gasteiger charge is 2.48. The molecule has 210 valence electrons. The van der Waals surface area contributed by atoms with E-state index >= 15 is 0 Å². The zero-order valence-electron chi connectivity index (χ0n) is 23.7. The summed E-state index contributed by atoms with van der Waals surface area (Å²) in [6.45, 7) is 17.3. The maximum Gasteiger partial charge on any atom is 0.258 e. The first-order valence-corrected chi connectivity index (χ1v) is 16.8. The van der Waals surface area contributed by atoms with Gasteiger partial charge in [0.1, 0.15) is 30.0 Å². The number of hydrogen-bond donors (Lipinski definition) is 2. The minimum absolute atomic E-state index is 0.224. The van der Waals surface area contributed by atoms with Crippen molar-refractivity contribution >= 4 is 24.2 Å². The zero-order valence-corrected chi connectivity index (χ0v) is 26.3. The summed E-state index contributed by atoms with van der Waals surface area (Å²) in [5, 5.41) is 22.8. The monoisotopic (exact) mass is 607 g/mol. The first-order chi connectivity index (χ1) is 17.8. The molecule has 2 aromatic rings. The van der Waals surface area contributed by atoms with Gasteiger partial charge in [-0.05, 0) is 70.0 Å². The second-order valence-electron chi connectivity index (χ2n) is 12.0. The van der Waals surface area contributed by atoms with Crippen molar-refractivity contribution in [2.45, 2.75) is 95.7 Å². The lowest BCUT2D eigenvalue weighted by atomic mass is 9.83. The summed E-state index contributed by atoms with van der Waals surface area (Å²) in [6.07, 6.45) is 0.280. The molecule has 0 spiro atoms. The molecule has 5 nitrogen and oxygen atoms in total. The highest BCUT2D eigenvalue weighted by molar-refractivity contribution is 9.10. The first kappa shape index (κ1) is 29.5. The average molecular weight is 609 g/mol. The lowest BCUT2D eigenvalue weighted by molar-refractivity contribution is -0.0667. The molecule has 0 radical (unpaired) electrons. The smallest absolute Gasteiger partial charge is 0.258 e. The van der Waals surface area contributed by atoms with E-state index in [9.17, 15) is 14.6 Å². The number of nitrogens with zero attached hydrogens (tertiary/aromatic N) is 1. The highest BCUT2D eigenvalue weighted by atomic mass is 79.9. The summed E-state index contributed by atoms with van der Waals surface area (Å²) in [7, 11) is -2.16. The molecule has 0 saturated carbocycles. The topological polar surface area (TPSA) is 62.2 Å². The quantitative estimate of drug-likeness (QED) is 0.325. The summed E-state index contributed by atoms with van der Waals surface area (Å²) in [4.78, 5) is 2.20. The zero-order chi connectivity index (χ0) is 28.0. The van der Waals surface area contributed by atoms with E-state index in [1.807, 2.05) is 13.0 Å². The van der Waals surface area contributed by atoms with E-state index < -0.39 is 20.0 Å². The number of aliphatic hydroxyl groups excluding tert-OH is 1. The summed E-state index contributed by atoms with van der Waals surface area (Å²) < 4.78 is 27.5. The van der Waals surface area contributed by atoms with E-state index in [1.165, 1.54) is 12.1 Å². The molecule has 8 heteroatoms. The fourth-order valence-electron chi connectivity index (χ4n) is 6.81. The van der Waals surface area contributed by atoms with Crippen LogP contribution in [-0.4, -0.2) is 49.2 Å². The molecule has 1 saturated heterocycles. The van der Waals surface area contributed by atoms with Crippen LogP contribution in [0.3, 0.4) is 0 Å². The normalized spacial score (nSPS) is 22.1. The number of piperidine rings is 1. The van der Waals surface area contributed by atoms with Gasteiger partial charge >= 0.3 is 0 Å². The molecule has 2 aromatic carbocycles. The highest BCUT2D eigenvalue weighted by Crippen LogP contribution is 2.49. The Kier molecular flexibility index (Phi) is 8.70. The Morgan fingerprint density at radius 1 is 1.05 bits per heavy atom. The second kappa shape index (κ2) is 11.2. The molecule has 2 atom stereocenters. The third-order valence-electron chi connectivity index (χ3n) is 9.00. The third kappa shape index (κ3) is 5.19. The summed E-state index contributed by atoms with van der Waals surface area (Å²) in [5.74, 6) is 1.20. The molecule has 2 heterocycles. The minimum Gasteiger partial charge on any atom is -0.542 e. The maximum atomic E-state index is 13.4. The Labute approximate surface area is 236 Å². The van der Waals surface area contributed by atoms with E-state index in [0.717, 1.165) is 26.9 Å². The van der Waals surface area contributed by atoms with Crippen molar-refractivity contribution in [2.75, 3.05) is 19.7 Å². The largest absolute Gasteiger partial charge is 0.542 e. The van der Waals surface area contributed by atoms with Gasteiger partial charge in [-0.1, -0.05) is 53.7 Å². The number of rotatable bonds is 7. The van der Waals surface area contributed by atoms with Gasteiger partial charge in [0.05, 0.1) is 11.6 Å². The number of hydrogen-bond acceptors (Lipinski definition) is 5. The molecule has 4 rings (SSSR count). The van der Waals surface area contributed by atoms with Crippen molar-refractivity contribution in [3.05, 3.63) is 57.3 Å². The van der Waals surface area contributed by atoms with Crippen LogP contribution in [0.4, 0.5) is 4.39 Å². The predicted molar refractivity (Wildman–Crippen MR) is 156 cm³/mol. The number of likely N-dealkylation sites (tertiary alicyclic amines) is 1. The summed E-state index contributed by atoms with van der Waals surface area (Å²) in [6, 6.07) is 7.86. The Morgan fingerprint density at radius 3 is 2.13 bits per heavy atom. The molecular weight excluding hydrogens is 565 g/mol. The average Bonchev–Trinajstić information content (AvgIpc) is 2.85. The van der Waals surface area contributed by atoms with Gasteiger partial charge in [0.25, 0.3) is 8.32 Å². The SMILES string of the molecule is Cc1c(O[Si](C(C)C)(C(C)C)C(C)C)cc2c(c1Br)[C@H](O)C(N1CCC(O)(c3ccc(F)cc3)CC1)CO2. The molecule has 1 unspecified atom stereocenters. The molecule has 1 fully saturated rings. The van der Waals surface area contributed by atoms with Gasteiger partial charge in [0, 0.05) is 34.8 Å². The van der Waals surface area contributed by atoms with Crippen molar-refractivity contribution in [2.24, 2.45) is 0 Å². The summed E-state index contributed by atoms with van der Waals surface area (Å²) in [5.41, 5.74) is 2.82. The number of aliphatic hydroxyl groups is 2. The van der Waals surface area contributed by atoms with Gasteiger partial charge in [-0.15, -0.1) is 0 Å². The van der Waals surface area contributed by atoms with Gasteiger partial charge in [0.2, 0.25) is 0 Å². The second-order valence-corrected chi connectivity index (χ2v) is 18.2. The molecule has 2 N–H and O–H groups in total. The molecule has 0 bridgehead atoms. The van der Waals surface area contributed by atoms with Crippen molar-refractivity contribution in [1.82, 2.24) is 4.90 Å². The van der Waals surface area contributed by atoms with Crippen LogP contribution in [0.5, 0.6) is 11.5 Å². The number of halogens is 2. The minimum atomic E-state index is -2.16. The molecule has 38 heavy (non-hydrogen) atoms. The van der Waals surface area contributed by atoms with E-state index in [2.05, 4.69) is 62.4 Å². The molecule has 0 amide bonds. The van der Waals surface area contributed by atoms with Gasteiger partial charge in [-0.2, -0.15) is 0 Å². The van der Waals surface area contributed by atoms with E-state index in [0.29, 0.717) is 54.9 Å². The summed E-state index contributed by atoms with van der Waals surface area (Å²) >= 11 is 3.79. The first-order valence-electron chi connectivity index (χ1n) is 13.9. The molecule has 0 aromatic heterocycles. The van der Waals surface area contributed by atoms with E-state index in [1.54, 1.807) is 12.1 Å². The van der Waals surface area contributed by atoms with Gasteiger partial charge < -0.3 is 19.4 Å². The number of ether oxygens (including phenoxy) is 1. The van der Waals surface area contributed by atoms with Crippen LogP contribution in [0.25, 0.3) is 0 Å². The van der Waals surface area contributed by atoms with Crippen molar-refractivity contribution < 1.29 is 23.8 Å². The standard InChI is InChI=1S/C30H43BrFNO4Si/c1-18(2)38(19(3)4,20(5)6)37-25-16-26-27(28(31)21(25)7)29(34)24(17-36-26)33-14-12-30(35,13-15-33)22-8-10-23(32)11-9-22/h8-11,16,18-20,24,29,34-35H,12-15,17H2,1-7H3/t24?,29-/m1/s1. The molecule has 2 aliphatic heterocycles. The van der Waals surface area contributed by atoms with E-state index in [-0.39, 0.29) is 11.9 Å². The van der Waals surface area contributed by atoms with Crippen LogP contribution in [0.2, 0.25) is 16.6 Å². The van der Waals surface area contributed by atoms with Crippen LogP contribution < -0.4 is 9.16 Å². The van der Waals surface area contributed by atoms with Crippen molar-refractivity contribution in [1.29, 1.82) is 0 Å². The Balaban J connectivity index is 1.56. The molecular formula is C30H43BrFNO4Si. The number of benzene rings is 2. The maximum absolute atomic E-state index is 13.4. The van der Waals surface area contributed by atoms with Gasteiger partial charge in [0.15, 0.2) is 0 Å². The molecule has 2 aliphatic rings. The van der Waals surface area contributed by atoms with Crippen LogP contribution in [0.15, 0.2) is 34.8 Å². The van der Waals surface area contributed by atoms with E-state index in [4.69, 9.17) is 9.16 Å². The predicted octanol–water partition coefficient (Wildman–Crippen LogP) is 7.23. The van der Waals surface area contributed by atoms with Crippen LogP contribution >= 0.6 is 15.9 Å². The third-order valence-corrected chi connectivity index (χ3v) is 16.0.